The van der Waals surface area contributed by atoms with Crippen LogP contribution in [0.2, 0.25) is 0 Å². The highest BCUT2D eigenvalue weighted by atomic mass is 79.9. The van der Waals surface area contributed by atoms with Crippen molar-refractivity contribution in [2.45, 2.75) is 51.0 Å². The van der Waals surface area contributed by atoms with Gasteiger partial charge in [-0.15, -0.1) is 0 Å². The van der Waals surface area contributed by atoms with E-state index in [-0.39, 0.29) is 12.1 Å². The lowest BCUT2D eigenvalue weighted by molar-refractivity contribution is -0.144. The van der Waals surface area contributed by atoms with Gasteiger partial charge in [-0.2, -0.15) is 0 Å². The molecule has 0 aromatic heterocycles. The Morgan fingerprint density at radius 2 is 2.05 bits per heavy atom. The highest BCUT2D eigenvalue weighted by Gasteiger charge is 2.38. The molecule has 2 aliphatic rings. The average molecular weight is 396 g/mol. The van der Waals surface area contributed by atoms with Crippen LogP contribution in [0.15, 0.2) is 10.4 Å². The lowest BCUT2D eigenvalue weighted by atomic mass is 9.75. The summed E-state index contributed by atoms with van der Waals surface area (Å²) >= 11 is 6.64. The molecule has 0 bridgehead atoms. The smallest absolute Gasteiger partial charge is 0.332 e. The Kier molecular flexibility index (Phi) is 4.99. The van der Waals surface area contributed by atoms with Crippen LogP contribution in [0.3, 0.4) is 0 Å². The van der Waals surface area contributed by atoms with Crippen molar-refractivity contribution in [3.63, 3.8) is 0 Å². The molecule has 1 saturated carbocycles. The SMILES string of the molecule is CC1CCC(C(C)C)C(OC2=C(Br)C(Br)C(=O)O2)C1. The zero-order valence-electron chi connectivity index (χ0n) is 11.5. The highest BCUT2D eigenvalue weighted by molar-refractivity contribution is 9.14. The van der Waals surface area contributed by atoms with Crippen molar-refractivity contribution in [2.75, 3.05) is 0 Å². The molecule has 1 aliphatic carbocycles. The summed E-state index contributed by atoms with van der Waals surface area (Å²) in [5.74, 6) is 1.80. The molecule has 0 amide bonds. The second-order valence-corrected chi connectivity index (χ2v) is 7.67. The first-order valence-electron chi connectivity index (χ1n) is 6.82. The number of hydrogen-bond donors (Lipinski definition) is 0. The fraction of sp³-hybridized carbons (Fsp3) is 0.786. The Hall–Kier alpha value is -0.0300. The van der Waals surface area contributed by atoms with Gasteiger partial charge in [0.1, 0.15) is 10.6 Å². The summed E-state index contributed by atoms with van der Waals surface area (Å²) in [7, 11) is 0. The zero-order chi connectivity index (χ0) is 14.2. The first kappa shape index (κ1) is 15.4. The maximum Gasteiger partial charge on any atom is 0.332 e. The molecule has 0 saturated heterocycles. The van der Waals surface area contributed by atoms with Crippen LogP contribution in [0.1, 0.15) is 40.0 Å². The summed E-state index contributed by atoms with van der Waals surface area (Å²) in [5, 5.41) is 0. The Morgan fingerprint density at radius 1 is 1.37 bits per heavy atom. The second-order valence-electron chi connectivity index (χ2n) is 5.90. The van der Waals surface area contributed by atoms with E-state index in [2.05, 4.69) is 52.6 Å². The average Bonchev–Trinajstić information content (AvgIpc) is 2.57. The molecular formula is C14H20Br2O3. The van der Waals surface area contributed by atoms with Crippen LogP contribution < -0.4 is 0 Å². The zero-order valence-corrected chi connectivity index (χ0v) is 14.7. The first-order valence-corrected chi connectivity index (χ1v) is 8.53. The van der Waals surface area contributed by atoms with Gasteiger partial charge in [-0.05, 0) is 46.5 Å². The van der Waals surface area contributed by atoms with E-state index in [1.165, 1.54) is 12.8 Å². The minimum Gasteiger partial charge on any atom is -0.461 e. The quantitative estimate of drug-likeness (QED) is 0.526. The summed E-state index contributed by atoms with van der Waals surface area (Å²) in [5.41, 5.74) is 0. The topological polar surface area (TPSA) is 35.5 Å². The molecule has 5 heteroatoms. The molecule has 0 radical (unpaired) electrons. The first-order chi connectivity index (χ1) is 8.90. The maximum absolute atomic E-state index is 11.5. The number of hydrogen-bond acceptors (Lipinski definition) is 3. The van der Waals surface area contributed by atoms with E-state index in [0.717, 1.165) is 6.42 Å². The molecule has 1 aliphatic heterocycles. The molecule has 1 fully saturated rings. The number of ether oxygens (including phenoxy) is 2. The Balaban J connectivity index is 2.09. The van der Waals surface area contributed by atoms with Crippen molar-refractivity contribution in [3.05, 3.63) is 10.4 Å². The van der Waals surface area contributed by atoms with E-state index in [9.17, 15) is 4.79 Å². The lowest BCUT2D eigenvalue weighted by Gasteiger charge is -2.37. The molecule has 1 heterocycles. The van der Waals surface area contributed by atoms with Crippen molar-refractivity contribution >= 4 is 37.8 Å². The number of carbonyl (C=O) groups is 1. The Morgan fingerprint density at radius 3 is 2.58 bits per heavy atom. The number of rotatable bonds is 3. The molecule has 2 rings (SSSR count). The molecule has 0 spiro atoms. The standard InChI is InChI=1S/C14H20Br2O3/c1-7(2)9-5-4-8(3)6-10(9)18-14-12(16)11(15)13(17)19-14/h7-11H,4-6H2,1-3H3. The van der Waals surface area contributed by atoms with E-state index in [1.54, 1.807) is 0 Å². The van der Waals surface area contributed by atoms with Gasteiger partial charge < -0.3 is 9.47 Å². The van der Waals surface area contributed by atoms with Gasteiger partial charge in [0, 0.05) is 0 Å². The summed E-state index contributed by atoms with van der Waals surface area (Å²) in [6.45, 7) is 6.72. The number of cyclic esters (lactones) is 1. The van der Waals surface area contributed by atoms with Crippen LogP contribution in [0.5, 0.6) is 0 Å². The van der Waals surface area contributed by atoms with Gasteiger partial charge in [0.2, 0.25) is 0 Å². The number of halogens is 2. The fourth-order valence-corrected chi connectivity index (χ4v) is 3.51. The predicted molar refractivity (Wildman–Crippen MR) is 81.0 cm³/mol. The molecule has 108 valence electrons. The predicted octanol–water partition coefficient (Wildman–Crippen LogP) is 4.35. The van der Waals surface area contributed by atoms with Crippen molar-refractivity contribution in [3.8, 4) is 0 Å². The molecule has 0 aromatic carbocycles. The summed E-state index contributed by atoms with van der Waals surface area (Å²) in [6.07, 6.45) is 3.60. The second kappa shape index (κ2) is 6.17. The van der Waals surface area contributed by atoms with Crippen LogP contribution in [0.4, 0.5) is 0 Å². The monoisotopic (exact) mass is 394 g/mol. The third kappa shape index (κ3) is 3.35. The van der Waals surface area contributed by atoms with Gasteiger partial charge in [0.15, 0.2) is 4.83 Å². The van der Waals surface area contributed by atoms with Crippen LogP contribution in [-0.2, 0) is 14.3 Å². The minimum absolute atomic E-state index is 0.136. The molecule has 4 atom stereocenters. The Labute approximate surface area is 131 Å². The van der Waals surface area contributed by atoms with Gasteiger partial charge in [-0.3, -0.25) is 0 Å². The van der Waals surface area contributed by atoms with Crippen molar-refractivity contribution < 1.29 is 14.3 Å². The largest absolute Gasteiger partial charge is 0.461 e. The van der Waals surface area contributed by atoms with Crippen LogP contribution in [0, 0.1) is 17.8 Å². The van der Waals surface area contributed by atoms with Gasteiger partial charge in [-0.25, -0.2) is 4.79 Å². The van der Waals surface area contributed by atoms with E-state index in [0.29, 0.717) is 28.2 Å². The highest BCUT2D eigenvalue weighted by Crippen LogP contribution is 2.39. The maximum atomic E-state index is 11.5. The molecule has 19 heavy (non-hydrogen) atoms. The van der Waals surface area contributed by atoms with E-state index in [1.807, 2.05) is 0 Å². The van der Waals surface area contributed by atoms with Crippen molar-refractivity contribution in [1.82, 2.24) is 0 Å². The van der Waals surface area contributed by atoms with Gasteiger partial charge in [0.25, 0.3) is 5.95 Å². The van der Waals surface area contributed by atoms with E-state index >= 15 is 0 Å². The number of esters is 1. The van der Waals surface area contributed by atoms with Gasteiger partial charge in [-0.1, -0.05) is 43.1 Å². The molecule has 0 N–H and O–H groups in total. The molecule has 3 nitrogen and oxygen atoms in total. The minimum atomic E-state index is -0.430. The third-order valence-corrected chi connectivity index (χ3v) is 6.27. The number of carbonyl (C=O) groups excluding carboxylic acids is 1. The van der Waals surface area contributed by atoms with Gasteiger partial charge in [0.05, 0.1) is 0 Å². The van der Waals surface area contributed by atoms with Crippen LogP contribution in [-0.4, -0.2) is 16.9 Å². The third-order valence-electron chi connectivity index (χ3n) is 4.04. The number of alkyl halides is 1. The fourth-order valence-electron chi connectivity index (χ4n) is 2.87. The van der Waals surface area contributed by atoms with Gasteiger partial charge >= 0.3 is 5.97 Å². The Bertz CT molecular complexity index is 392. The lowest BCUT2D eigenvalue weighted by Crippen LogP contribution is -2.34. The van der Waals surface area contributed by atoms with Crippen LogP contribution in [0.25, 0.3) is 0 Å². The van der Waals surface area contributed by atoms with E-state index in [4.69, 9.17) is 9.47 Å². The van der Waals surface area contributed by atoms with Crippen molar-refractivity contribution in [1.29, 1.82) is 0 Å². The summed E-state index contributed by atoms with van der Waals surface area (Å²) < 4.78 is 11.9. The van der Waals surface area contributed by atoms with Crippen LogP contribution >= 0.6 is 31.9 Å². The molecule has 0 aromatic rings. The summed E-state index contributed by atoms with van der Waals surface area (Å²) in [4.78, 5) is 11.1. The van der Waals surface area contributed by atoms with Crippen molar-refractivity contribution in [2.24, 2.45) is 17.8 Å². The molecule has 4 unspecified atom stereocenters. The van der Waals surface area contributed by atoms with E-state index < -0.39 is 4.83 Å². The summed E-state index contributed by atoms with van der Waals surface area (Å²) in [6, 6.07) is 0. The molecular weight excluding hydrogens is 376 g/mol. The normalized spacial score (nSPS) is 35.8.